The Labute approximate surface area is 130 Å². The number of aromatic nitrogens is 2. The van der Waals surface area contributed by atoms with Gasteiger partial charge in [-0.2, -0.15) is 4.98 Å². The van der Waals surface area contributed by atoms with Crippen LogP contribution in [0.2, 0.25) is 0 Å². The minimum Gasteiger partial charge on any atom is -0.334 e. The van der Waals surface area contributed by atoms with E-state index >= 15 is 0 Å². The minimum atomic E-state index is -1.07. The fourth-order valence-electron chi connectivity index (χ4n) is 2.31. The van der Waals surface area contributed by atoms with Gasteiger partial charge in [0, 0.05) is 31.8 Å². The van der Waals surface area contributed by atoms with Crippen LogP contribution >= 0.6 is 12.4 Å². The Morgan fingerprint density at radius 3 is 2.59 bits per heavy atom. The number of benzene rings is 1. The zero-order valence-corrected chi connectivity index (χ0v) is 12.5. The second kappa shape index (κ2) is 6.64. The molecule has 0 spiro atoms. The molecule has 5 nitrogen and oxygen atoms in total. The summed E-state index contributed by atoms with van der Waals surface area (Å²) in [6, 6.07) is 1.02. The third-order valence-corrected chi connectivity index (χ3v) is 3.47. The lowest BCUT2D eigenvalue weighted by atomic mass is 10.2. The summed E-state index contributed by atoms with van der Waals surface area (Å²) in [5, 5.41) is 6.96. The average Bonchev–Trinajstić information content (AvgIpc) is 2.87. The van der Waals surface area contributed by atoms with Gasteiger partial charge in [0.15, 0.2) is 5.82 Å². The Hall–Kier alpha value is -1.64. The number of hydrogen-bond acceptors (Lipinski definition) is 5. The van der Waals surface area contributed by atoms with Gasteiger partial charge in [-0.15, -0.1) is 12.4 Å². The molecule has 1 aromatic heterocycles. The molecule has 1 fully saturated rings. The summed E-state index contributed by atoms with van der Waals surface area (Å²) in [6.45, 7) is 2.26. The predicted molar refractivity (Wildman–Crippen MR) is 75.1 cm³/mol. The van der Waals surface area contributed by atoms with Crippen LogP contribution < -0.4 is 5.32 Å². The van der Waals surface area contributed by atoms with Crippen molar-refractivity contribution in [3.8, 4) is 11.5 Å². The molecule has 1 aliphatic heterocycles. The molecule has 2 aromatic rings. The van der Waals surface area contributed by atoms with Gasteiger partial charge in [0.05, 0.1) is 6.04 Å². The molecule has 1 N–H and O–H groups in total. The second-order valence-corrected chi connectivity index (χ2v) is 4.90. The van der Waals surface area contributed by atoms with Crippen molar-refractivity contribution in [2.75, 3.05) is 26.7 Å². The molecule has 22 heavy (non-hydrogen) atoms. The summed E-state index contributed by atoms with van der Waals surface area (Å²) in [4.78, 5) is 6.06. The van der Waals surface area contributed by atoms with E-state index in [1.807, 2.05) is 11.9 Å². The van der Waals surface area contributed by atoms with Crippen molar-refractivity contribution in [1.82, 2.24) is 20.4 Å². The van der Waals surface area contributed by atoms with E-state index in [1.165, 1.54) is 0 Å². The normalized spacial score (nSPS) is 19.0. The Balaban J connectivity index is 0.00000176. The first-order chi connectivity index (χ1) is 10.1. The smallest absolute Gasteiger partial charge is 0.263 e. The van der Waals surface area contributed by atoms with Crippen molar-refractivity contribution in [3.63, 3.8) is 0 Å². The quantitative estimate of drug-likeness (QED) is 0.912. The van der Waals surface area contributed by atoms with Crippen LogP contribution in [-0.2, 0) is 0 Å². The molecule has 1 saturated heterocycles. The van der Waals surface area contributed by atoms with E-state index in [0.717, 1.165) is 13.1 Å². The van der Waals surface area contributed by atoms with Crippen LogP contribution in [0.3, 0.4) is 0 Å². The zero-order chi connectivity index (χ0) is 15.0. The van der Waals surface area contributed by atoms with Gasteiger partial charge in [-0.1, -0.05) is 5.16 Å². The van der Waals surface area contributed by atoms with Crippen LogP contribution in [0.1, 0.15) is 11.9 Å². The Morgan fingerprint density at radius 2 is 1.95 bits per heavy atom. The Kier molecular flexibility index (Phi) is 5.05. The van der Waals surface area contributed by atoms with Crippen molar-refractivity contribution in [2.24, 2.45) is 0 Å². The van der Waals surface area contributed by atoms with E-state index in [-0.39, 0.29) is 24.3 Å². The topological polar surface area (TPSA) is 54.2 Å². The molecule has 0 saturated carbocycles. The molecule has 1 atom stereocenters. The summed E-state index contributed by atoms with van der Waals surface area (Å²) in [6.07, 6.45) is 0. The minimum absolute atomic E-state index is 0. The number of likely N-dealkylation sites (N-methyl/N-ethyl adjacent to an activating group) is 1. The fourth-order valence-corrected chi connectivity index (χ4v) is 2.31. The van der Waals surface area contributed by atoms with Crippen molar-refractivity contribution in [3.05, 3.63) is 35.4 Å². The van der Waals surface area contributed by atoms with E-state index in [1.54, 1.807) is 0 Å². The number of rotatable bonds is 2. The molecule has 9 heteroatoms. The van der Waals surface area contributed by atoms with Gasteiger partial charge < -0.3 is 9.84 Å². The molecule has 120 valence electrons. The highest BCUT2D eigenvalue weighted by Crippen LogP contribution is 2.27. The molecule has 0 radical (unpaired) electrons. The van der Waals surface area contributed by atoms with Crippen LogP contribution in [0.5, 0.6) is 0 Å². The fraction of sp³-hybridized carbons (Fsp3) is 0.385. The SMILES string of the molecule is CN1CCNCC1c1noc(-c2c(F)cc(F)cc2F)n1.Cl. The third-order valence-electron chi connectivity index (χ3n) is 3.47. The molecule has 0 amide bonds. The molecular formula is C13H14ClF3N4O. The summed E-state index contributed by atoms with van der Waals surface area (Å²) >= 11 is 0. The highest BCUT2D eigenvalue weighted by molar-refractivity contribution is 5.85. The highest BCUT2D eigenvalue weighted by atomic mass is 35.5. The largest absolute Gasteiger partial charge is 0.334 e. The first-order valence-electron chi connectivity index (χ1n) is 6.45. The summed E-state index contributed by atoms with van der Waals surface area (Å²) < 4.78 is 45.2. The van der Waals surface area contributed by atoms with E-state index in [0.29, 0.717) is 24.5 Å². The van der Waals surface area contributed by atoms with Crippen LogP contribution in [0.25, 0.3) is 11.5 Å². The van der Waals surface area contributed by atoms with Gasteiger partial charge >= 0.3 is 0 Å². The summed E-state index contributed by atoms with van der Waals surface area (Å²) in [7, 11) is 1.90. The van der Waals surface area contributed by atoms with E-state index < -0.39 is 23.0 Å². The third kappa shape index (κ3) is 3.08. The molecule has 3 rings (SSSR count). The predicted octanol–water partition coefficient (Wildman–Crippen LogP) is 2.15. The lowest BCUT2D eigenvalue weighted by molar-refractivity contribution is 0.190. The van der Waals surface area contributed by atoms with Crippen LogP contribution in [0.4, 0.5) is 13.2 Å². The molecule has 0 bridgehead atoms. The van der Waals surface area contributed by atoms with Gasteiger partial charge in [0.25, 0.3) is 5.89 Å². The molecule has 1 aromatic carbocycles. The van der Waals surface area contributed by atoms with Crippen molar-refractivity contribution in [2.45, 2.75) is 6.04 Å². The first-order valence-corrected chi connectivity index (χ1v) is 6.45. The highest BCUT2D eigenvalue weighted by Gasteiger charge is 2.27. The van der Waals surface area contributed by atoms with Gasteiger partial charge in [0.2, 0.25) is 0 Å². The maximum atomic E-state index is 13.7. The lowest BCUT2D eigenvalue weighted by Crippen LogP contribution is -2.44. The van der Waals surface area contributed by atoms with E-state index in [9.17, 15) is 13.2 Å². The van der Waals surface area contributed by atoms with Crippen LogP contribution in [0.15, 0.2) is 16.7 Å². The summed E-state index contributed by atoms with van der Waals surface area (Å²) in [5.41, 5.74) is -0.512. The molecular weight excluding hydrogens is 321 g/mol. The monoisotopic (exact) mass is 334 g/mol. The maximum absolute atomic E-state index is 13.7. The van der Waals surface area contributed by atoms with Crippen LogP contribution in [-0.4, -0.2) is 41.7 Å². The number of hydrogen-bond donors (Lipinski definition) is 1. The first kappa shape index (κ1) is 16.7. The molecule has 0 aliphatic carbocycles. The van der Waals surface area contributed by atoms with Crippen LogP contribution in [0, 0.1) is 17.5 Å². The van der Waals surface area contributed by atoms with Crippen molar-refractivity contribution < 1.29 is 17.7 Å². The Bertz CT molecular complexity index is 643. The maximum Gasteiger partial charge on any atom is 0.263 e. The van der Waals surface area contributed by atoms with E-state index in [2.05, 4.69) is 15.5 Å². The summed E-state index contributed by atoms with van der Waals surface area (Å²) in [5.74, 6) is -3.10. The average molecular weight is 335 g/mol. The Morgan fingerprint density at radius 1 is 1.27 bits per heavy atom. The molecule has 2 heterocycles. The number of piperazine rings is 1. The van der Waals surface area contributed by atoms with Gasteiger partial charge in [-0.25, -0.2) is 13.2 Å². The lowest BCUT2D eigenvalue weighted by Gasteiger charge is -2.30. The number of halogens is 4. The van der Waals surface area contributed by atoms with Gasteiger partial charge in [-0.05, 0) is 7.05 Å². The second-order valence-electron chi connectivity index (χ2n) is 4.90. The van der Waals surface area contributed by atoms with E-state index in [4.69, 9.17) is 4.52 Å². The molecule has 1 unspecified atom stereocenters. The number of nitrogens with zero attached hydrogens (tertiary/aromatic N) is 3. The number of nitrogens with one attached hydrogen (secondary N) is 1. The molecule has 1 aliphatic rings. The van der Waals surface area contributed by atoms with Crippen molar-refractivity contribution >= 4 is 12.4 Å². The standard InChI is InChI=1S/C13H13F3N4O.ClH/c1-20-3-2-17-6-10(20)12-18-13(21-19-12)11-8(15)4-7(14)5-9(11)16;/h4-5,10,17H,2-3,6H2,1H3;1H. The van der Waals surface area contributed by atoms with Crippen molar-refractivity contribution in [1.29, 1.82) is 0 Å². The van der Waals surface area contributed by atoms with Gasteiger partial charge in [-0.3, -0.25) is 4.90 Å². The zero-order valence-electron chi connectivity index (χ0n) is 11.6. The van der Waals surface area contributed by atoms with Gasteiger partial charge in [0.1, 0.15) is 23.0 Å².